The van der Waals surface area contributed by atoms with Gasteiger partial charge in [-0.1, -0.05) is 12.1 Å². The van der Waals surface area contributed by atoms with Crippen LogP contribution in [0.15, 0.2) is 18.2 Å². The van der Waals surface area contributed by atoms with Crippen LogP contribution in [0.5, 0.6) is 5.75 Å². The number of amides is 1. The molecule has 3 N–H and O–H groups in total. The smallest absolute Gasteiger partial charge is 0.311 e. The number of aliphatic hydroxyl groups is 1. The Morgan fingerprint density at radius 1 is 1.50 bits per heavy atom. The highest BCUT2D eigenvalue weighted by atomic mass is 16.6. The van der Waals surface area contributed by atoms with E-state index in [1.165, 1.54) is 12.1 Å². The first-order chi connectivity index (χ1) is 7.56. The molecule has 0 saturated heterocycles. The number of hydrogen-bond acceptors (Lipinski definition) is 5. The molecule has 16 heavy (non-hydrogen) atoms. The molecular formula is C9H10N2O5. The van der Waals surface area contributed by atoms with E-state index in [9.17, 15) is 20.0 Å². The normalized spacial score (nSPS) is 9.81. The van der Waals surface area contributed by atoms with E-state index in [0.29, 0.717) is 0 Å². The van der Waals surface area contributed by atoms with Crippen molar-refractivity contribution in [3.8, 4) is 5.75 Å². The van der Waals surface area contributed by atoms with Crippen molar-refractivity contribution in [2.75, 3.05) is 6.61 Å². The predicted octanol–water partition coefficient (Wildman–Crippen LogP) is -0.0911. The summed E-state index contributed by atoms with van der Waals surface area (Å²) in [5.74, 6) is -1.10. The molecular weight excluding hydrogens is 216 g/mol. The van der Waals surface area contributed by atoms with Crippen LogP contribution in [0.1, 0.15) is 5.56 Å². The highest BCUT2D eigenvalue weighted by Crippen LogP contribution is 2.28. The standard InChI is InChI=1S/C9H10N2O5/c12-5-8(13)10-4-6-2-1-3-7(9(6)14)11(15)16/h1-3,12,14H,4-5H2,(H,10,13). The van der Waals surface area contributed by atoms with Crippen molar-refractivity contribution in [3.05, 3.63) is 33.9 Å². The highest BCUT2D eigenvalue weighted by molar-refractivity contribution is 5.77. The lowest BCUT2D eigenvalue weighted by Crippen LogP contribution is -2.25. The Kier molecular flexibility index (Phi) is 3.78. The molecule has 86 valence electrons. The van der Waals surface area contributed by atoms with Crippen molar-refractivity contribution in [2.45, 2.75) is 6.54 Å². The van der Waals surface area contributed by atoms with Crippen molar-refractivity contribution in [3.63, 3.8) is 0 Å². The summed E-state index contributed by atoms with van der Waals surface area (Å²) in [6.45, 7) is -0.747. The van der Waals surface area contributed by atoms with E-state index in [-0.39, 0.29) is 12.1 Å². The van der Waals surface area contributed by atoms with E-state index in [4.69, 9.17) is 5.11 Å². The number of benzene rings is 1. The fourth-order valence-electron chi connectivity index (χ4n) is 1.12. The zero-order chi connectivity index (χ0) is 12.1. The van der Waals surface area contributed by atoms with Gasteiger partial charge in [0.05, 0.1) is 4.92 Å². The van der Waals surface area contributed by atoms with Gasteiger partial charge in [0.25, 0.3) is 0 Å². The lowest BCUT2D eigenvalue weighted by Gasteiger charge is -2.05. The molecule has 0 radical (unpaired) electrons. The number of nitrogens with one attached hydrogen (secondary N) is 1. The van der Waals surface area contributed by atoms with Gasteiger partial charge < -0.3 is 15.5 Å². The van der Waals surface area contributed by atoms with E-state index in [1.807, 2.05) is 0 Å². The SMILES string of the molecule is O=C(CO)NCc1cccc([N+](=O)[O-])c1O. The quantitative estimate of drug-likeness (QED) is 0.490. The number of hydrogen-bond donors (Lipinski definition) is 3. The van der Waals surface area contributed by atoms with Crippen molar-refractivity contribution < 1.29 is 19.9 Å². The second-order valence-corrected chi connectivity index (χ2v) is 2.98. The number of carbonyl (C=O) groups excluding carboxylic acids is 1. The maximum Gasteiger partial charge on any atom is 0.311 e. The first kappa shape index (κ1) is 11.9. The lowest BCUT2D eigenvalue weighted by atomic mass is 10.1. The molecule has 1 aromatic carbocycles. The molecule has 0 aromatic heterocycles. The van der Waals surface area contributed by atoms with Crippen LogP contribution in [-0.4, -0.2) is 27.7 Å². The molecule has 0 bridgehead atoms. The van der Waals surface area contributed by atoms with E-state index in [2.05, 4.69) is 5.32 Å². The monoisotopic (exact) mass is 226 g/mol. The number of nitro benzene ring substituents is 1. The van der Waals surface area contributed by atoms with Crippen LogP contribution >= 0.6 is 0 Å². The summed E-state index contributed by atoms with van der Waals surface area (Å²) in [5, 5.41) is 30.7. The Morgan fingerprint density at radius 2 is 2.19 bits per heavy atom. The molecule has 0 saturated carbocycles. The third-order valence-electron chi connectivity index (χ3n) is 1.91. The van der Waals surface area contributed by atoms with Crippen molar-refractivity contribution >= 4 is 11.6 Å². The molecule has 0 aliphatic carbocycles. The molecule has 1 amide bonds. The Balaban J connectivity index is 2.85. The van der Waals surface area contributed by atoms with E-state index < -0.39 is 28.9 Å². The molecule has 0 aliphatic rings. The number of phenolic OH excluding ortho intramolecular Hbond substituents is 1. The Labute approximate surface area is 90.5 Å². The zero-order valence-electron chi connectivity index (χ0n) is 8.21. The Morgan fingerprint density at radius 3 is 2.75 bits per heavy atom. The molecule has 1 aromatic rings. The summed E-state index contributed by atoms with van der Waals surface area (Å²) in [6.07, 6.45) is 0. The van der Waals surface area contributed by atoms with E-state index in [0.717, 1.165) is 6.07 Å². The third-order valence-corrected chi connectivity index (χ3v) is 1.91. The van der Waals surface area contributed by atoms with Gasteiger partial charge in [0.2, 0.25) is 5.91 Å². The number of aromatic hydroxyl groups is 1. The van der Waals surface area contributed by atoms with Crippen molar-refractivity contribution in [1.82, 2.24) is 5.32 Å². The van der Waals surface area contributed by atoms with Gasteiger partial charge in [-0.3, -0.25) is 14.9 Å². The maximum absolute atomic E-state index is 10.7. The third kappa shape index (κ3) is 2.67. The molecule has 0 unspecified atom stereocenters. The minimum atomic E-state index is -0.716. The maximum atomic E-state index is 10.7. The Hall–Kier alpha value is -2.15. The van der Waals surface area contributed by atoms with Crippen molar-refractivity contribution in [2.24, 2.45) is 0 Å². The summed E-state index contributed by atoms with van der Waals surface area (Å²) in [7, 11) is 0. The lowest BCUT2D eigenvalue weighted by molar-refractivity contribution is -0.385. The minimum absolute atomic E-state index is 0.0765. The van der Waals surface area contributed by atoms with Gasteiger partial charge in [-0.2, -0.15) is 0 Å². The van der Waals surface area contributed by atoms with Gasteiger partial charge in [0.1, 0.15) is 6.61 Å². The first-order valence-corrected chi connectivity index (χ1v) is 4.39. The van der Waals surface area contributed by atoms with E-state index >= 15 is 0 Å². The second kappa shape index (κ2) is 5.08. The van der Waals surface area contributed by atoms with Crippen LogP contribution in [0.4, 0.5) is 5.69 Å². The van der Waals surface area contributed by atoms with E-state index in [1.54, 1.807) is 0 Å². The van der Waals surface area contributed by atoms with Gasteiger partial charge in [-0.15, -0.1) is 0 Å². The Bertz CT molecular complexity index is 418. The summed E-state index contributed by atoms with van der Waals surface area (Å²) < 4.78 is 0. The molecule has 0 atom stereocenters. The topological polar surface area (TPSA) is 113 Å². The average Bonchev–Trinajstić information content (AvgIpc) is 2.26. The summed E-state index contributed by atoms with van der Waals surface area (Å²) in [6, 6.07) is 4.00. The molecule has 7 nitrogen and oxygen atoms in total. The zero-order valence-corrected chi connectivity index (χ0v) is 8.21. The van der Waals surface area contributed by atoms with Crippen LogP contribution in [0.2, 0.25) is 0 Å². The van der Waals surface area contributed by atoms with Gasteiger partial charge in [0.15, 0.2) is 5.75 Å². The van der Waals surface area contributed by atoms with Crippen molar-refractivity contribution in [1.29, 1.82) is 0 Å². The fraction of sp³-hybridized carbons (Fsp3) is 0.222. The fourth-order valence-corrected chi connectivity index (χ4v) is 1.12. The summed E-state index contributed by atoms with van der Waals surface area (Å²) in [5.41, 5.74) is -0.202. The molecule has 7 heteroatoms. The molecule has 1 rings (SSSR count). The molecule has 0 aliphatic heterocycles. The number of rotatable bonds is 4. The average molecular weight is 226 g/mol. The molecule has 0 spiro atoms. The minimum Gasteiger partial charge on any atom is -0.502 e. The van der Waals surface area contributed by atoms with Crippen LogP contribution in [-0.2, 0) is 11.3 Å². The summed E-state index contributed by atoms with van der Waals surface area (Å²) >= 11 is 0. The predicted molar refractivity (Wildman–Crippen MR) is 53.7 cm³/mol. The number of carbonyl (C=O) groups is 1. The van der Waals surface area contributed by atoms with Crippen LogP contribution in [0, 0.1) is 10.1 Å². The number of nitro groups is 1. The van der Waals surface area contributed by atoms with Crippen LogP contribution in [0.3, 0.4) is 0 Å². The van der Waals surface area contributed by atoms with Crippen LogP contribution < -0.4 is 5.32 Å². The second-order valence-electron chi connectivity index (χ2n) is 2.98. The summed E-state index contributed by atoms with van der Waals surface area (Å²) in [4.78, 5) is 20.5. The highest BCUT2D eigenvalue weighted by Gasteiger charge is 2.16. The number of aliphatic hydroxyl groups excluding tert-OH is 1. The number of para-hydroxylation sites is 1. The largest absolute Gasteiger partial charge is 0.502 e. The number of nitrogens with zero attached hydrogens (tertiary/aromatic N) is 1. The van der Waals surface area contributed by atoms with Gasteiger partial charge in [0, 0.05) is 18.2 Å². The van der Waals surface area contributed by atoms with Gasteiger partial charge in [-0.25, -0.2) is 0 Å². The van der Waals surface area contributed by atoms with Gasteiger partial charge >= 0.3 is 5.69 Å². The first-order valence-electron chi connectivity index (χ1n) is 4.39. The number of phenols is 1. The molecule has 0 heterocycles. The molecule has 0 fully saturated rings. The van der Waals surface area contributed by atoms with Gasteiger partial charge in [-0.05, 0) is 0 Å². The van der Waals surface area contributed by atoms with Crippen LogP contribution in [0.25, 0.3) is 0 Å².